The molecule has 0 radical (unpaired) electrons. The molecule has 10 nitrogen and oxygen atoms in total. The molecule has 2 amide bonds. The third-order valence-corrected chi connectivity index (χ3v) is 9.80. The fourth-order valence-corrected chi connectivity index (χ4v) is 6.76. The predicted molar refractivity (Wildman–Crippen MR) is 176 cm³/mol. The van der Waals surface area contributed by atoms with Crippen molar-refractivity contribution in [1.29, 1.82) is 0 Å². The number of carbonyl (C=O) groups is 6. The van der Waals surface area contributed by atoms with Crippen molar-refractivity contribution in [1.82, 2.24) is 0 Å². The first-order valence-electron chi connectivity index (χ1n) is 14.7. The van der Waals surface area contributed by atoms with E-state index in [-0.39, 0.29) is 51.8 Å². The lowest BCUT2D eigenvalue weighted by Gasteiger charge is -2.18. The predicted octanol–water partition coefficient (Wildman–Crippen LogP) is 6.09. The van der Waals surface area contributed by atoms with Crippen molar-refractivity contribution in [3.05, 3.63) is 73.7 Å². The number of hydrogen-bond donors (Lipinski definition) is 0. The molecule has 0 saturated heterocycles. The van der Waals surface area contributed by atoms with Gasteiger partial charge in [0, 0.05) is 40.8 Å². The van der Waals surface area contributed by atoms with E-state index in [1.54, 1.807) is 25.1 Å². The van der Waals surface area contributed by atoms with E-state index < -0.39 is 39.1 Å². The van der Waals surface area contributed by atoms with Gasteiger partial charge in [-0.2, -0.15) is 0 Å². The number of Topliss-reactive ketones (excluding diaryl/α,β-unsaturated/α-hetero) is 3. The molecule has 248 valence electrons. The van der Waals surface area contributed by atoms with E-state index in [4.69, 9.17) is 39.5 Å². The van der Waals surface area contributed by atoms with Crippen molar-refractivity contribution < 1.29 is 41.9 Å². The number of benzene rings is 2. The minimum absolute atomic E-state index is 0.00216. The van der Waals surface area contributed by atoms with Crippen molar-refractivity contribution in [3.63, 3.8) is 0 Å². The maximum absolute atomic E-state index is 12.7. The molecule has 1 fully saturated rings. The molecule has 2 aromatic carbocycles. The average molecular weight is 723 g/mol. The number of esters is 1. The maximum Gasteiger partial charge on any atom is 0.349 e. The van der Waals surface area contributed by atoms with Gasteiger partial charge in [0.05, 0.1) is 22.2 Å². The fraction of sp³-hybridized carbons (Fsp3) is 0.333. The summed E-state index contributed by atoms with van der Waals surface area (Å²) in [6.07, 6.45) is 6.32. The molecule has 1 heterocycles. The smallest absolute Gasteiger partial charge is 0.349 e. The second kappa shape index (κ2) is 15.1. The number of sulfone groups is 1. The van der Waals surface area contributed by atoms with Crippen LogP contribution in [-0.2, 0) is 38.5 Å². The van der Waals surface area contributed by atoms with Crippen LogP contribution in [0, 0.1) is 5.92 Å². The molecule has 0 spiro atoms. The topological polar surface area (TPSA) is 149 Å². The maximum atomic E-state index is 12.7. The Morgan fingerprint density at radius 3 is 2.00 bits per heavy atom. The zero-order valence-corrected chi connectivity index (χ0v) is 28.5. The molecule has 3 aliphatic rings. The Hall–Kier alpha value is -3.64. The van der Waals surface area contributed by atoms with Gasteiger partial charge in [-0.3, -0.25) is 24.0 Å². The Labute approximate surface area is 286 Å². The van der Waals surface area contributed by atoms with Crippen LogP contribution >= 0.6 is 34.8 Å². The van der Waals surface area contributed by atoms with Gasteiger partial charge in [-0.25, -0.2) is 18.1 Å². The van der Waals surface area contributed by atoms with Gasteiger partial charge in [0.1, 0.15) is 11.0 Å². The second-order valence-electron chi connectivity index (χ2n) is 11.0. The summed E-state index contributed by atoms with van der Waals surface area (Å²) >= 11 is 18.1. The Bertz CT molecular complexity index is 1820. The lowest BCUT2D eigenvalue weighted by atomic mass is 9.82. The van der Waals surface area contributed by atoms with Crippen LogP contribution in [0.4, 0.5) is 5.69 Å². The summed E-state index contributed by atoms with van der Waals surface area (Å²) in [5.74, 6) is -3.99. The van der Waals surface area contributed by atoms with E-state index in [0.29, 0.717) is 46.7 Å². The van der Waals surface area contributed by atoms with Gasteiger partial charge in [0.15, 0.2) is 27.2 Å². The van der Waals surface area contributed by atoms with Crippen molar-refractivity contribution in [3.8, 4) is 0 Å². The van der Waals surface area contributed by atoms with Gasteiger partial charge in [-0.1, -0.05) is 34.8 Å². The third kappa shape index (κ3) is 8.09. The molecular weight excluding hydrogens is 693 g/mol. The van der Waals surface area contributed by atoms with E-state index in [0.717, 1.165) is 25.2 Å². The fourth-order valence-electron chi connectivity index (χ4n) is 5.43. The standard InChI is InChI=1S/C19H17Cl2NO4.C14H13ClO5S/c1-2-26-19(25)16(21)10-11-9-12(7-8-15(11)20)22-17(23)13-5-3-4-6-14(13)18(22)24;1-21(19,20)8-5-6-9(10(15)7-8)14(18)13-11(16)3-2-4-12(13)17/h7-10H,2-6H2,1H3;5-7,13H,2-4H2,1H3/b16-10-;. The SMILES string of the molecule is CCOC(=O)/C(Cl)=C/c1cc(N2C(=O)C3=C(CCCC3)C2=O)ccc1Cl.CS(=O)(=O)c1ccc(C(=O)C2C(=O)CCCC2=O)c(Cl)c1. The highest BCUT2D eigenvalue weighted by molar-refractivity contribution is 7.90. The molecule has 2 aromatic rings. The van der Waals surface area contributed by atoms with E-state index in [9.17, 15) is 37.2 Å². The molecule has 47 heavy (non-hydrogen) atoms. The molecule has 0 unspecified atom stereocenters. The van der Waals surface area contributed by atoms with Crippen LogP contribution in [-0.4, -0.2) is 56.4 Å². The molecule has 5 rings (SSSR count). The minimum Gasteiger partial charge on any atom is -0.462 e. The third-order valence-electron chi connectivity index (χ3n) is 7.77. The van der Waals surface area contributed by atoms with Gasteiger partial charge in [0.25, 0.3) is 11.8 Å². The van der Waals surface area contributed by atoms with Crippen LogP contribution in [0.15, 0.2) is 57.5 Å². The van der Waals surface area contributed by atoms with Gasteiger partial charge >= 0.3 is 5.97 Å². The van der Waals surface area contributed by atoms with Gasteiger partial charge < -0.3 is 4.74 Å². The highest BCUT2D eigenvalue weighted by Crippen LogP contribution is 2.37. The molecule has 0 aromatic heterocycles. The first kappa shape index (κ1) is 36.2. The summed E-state index contributed by atoms with van der Waals surface area (Å²) in [5, 5.41) is 0.129. The highest BCUT2D eigenvalue weighted by atomic mass is 35.5. The Kier molecular flexibility index (Phi) is 11.6. The number of nitrogens with zero attached hydrogens (tertiary/aromatic N) is 1. The van der Waals surface area contributed by atoms with E-state index in [1.807, 2.05) is 0 Å². The number of anilines is 1. The van der Waals surface area contributed by atoms with Crippen LogP contribution in [0.3, 0.4) is 0 Å². The number of carbonyl (C=O) groups excluding carboxylic acids is 6. The number of rotatable bonds is 7. The van der Waals surface area contributed by atoms with Crippen LogP contribution in [0.25, 0.3) is 6.08 Å². The van der Waals surface area contributed by atoms with E-state index in [2.05, 4.69) is 0 Å². The highest BCUT2D eigenvalue weighted by Gasteiger charge is 2.40. The van der Waals surface area contributed by atoms with Crippen molar-refractivity contribution in [2.45, 2.75) is 56.8 Å². The molecular formula is C33H30Cl3NO9S. The van der Waals surface area contributed by atoms with Gasteiger partial charge in [-0.15, -0.1) is 0 Å². The minimum atomic E-state index is -3.44. The number of halogens is 3. The number of ether oxygens (including phenoxy) is 1. The van der Waals surface area contributed by atoms with E-state index >= 15 is 0 Å². The first-order chi connectivity index (χ1) is 22.1. The summed E-state index contributed by atoms with van der Waals surface area (Å²) in [6, 6.07) is 8.38. The summed E-state index contributed by atoms with van der Waals surface area (Å²) in [4.78, 5) is 74.0. The quantitative estimate of drug-likeness (QED) is 0.109. The number of imide groups is 1. The zero-order chi connectivity index (χ0) is 34.6. The molecule has 1 aliphatic heterocycles. The monoisotopic (exact) mass is 721 g/mol. The molecule has 14 heteroatoms. The molecule has 0 bridgehead atoms. The molecule has 0 atom stereocenters. The zero-order valence-electron chi connectivity index (χ0n) is 25.4. The second-order valence-corrected chi connectivity index (χ2v) is 14.3. The van der Waals surface area contributed by atoms with E-state index in [1.165, 1.54) is 23.1 Å². The number of ketones is 3. The summed E-state index contributed by atoms with van der Waals surface area (Å²) in [5.41, 5.74) is 2.04. The first-order valence-corrected chi connectivity index (χ1v) is 17.7. The van der Waals surface area contributed by atoms with Crippen LogP contribution in [0.5, 0.6) is 0 Å². The lowest BCUT2D eigenvalue weighted by Crippen LogP contribution is -2.35. The van der Waals surface area contributed by atoms with Crippen LogP contribution in [0.1, 0.15) is 67.8 Å². The normalized spacial score (nSPS) is 17.4. The average Bonchev–Trinajstić information content (AvgIpc) is 3.27. The molecule has 2 aliphatic carbocycles. The van der Waals surface area contributed by atoms with Gasteiger partial charge in [-0.05, 0) is 87.1 Å². The Morgan fingerprint density at radius 1 is 0.872 bits per heavy atom. The summed E-state index contributed by atoms with van der Waals surface area (Å²) < 4.78 is 27.7. The van der Waals surface area contributed by atoms with Crippen LogP contribution in [0.2, 0.25) is 10.0 Å². The summed E-state index contributed by atoms with van der Waals surface area (Å²) in [6.45, 7) is 1.87. The van der Waals surface area contributed by atoms with Crippen LogP contribution < -0.4 is 4.90 Å². The van der Waals surface area contributed by atoms with Crippen molar-refractivity contribution in [2.24, 2.45) is 5.92 Å². The van der Waals surface area contributed by atoms with Crippen molar-refractivity contribution >= 4 is 91.5 Å². The summed E-state index contributed by atoms with van der Waals surface area (Å²) in [7, 11) is -3.44. The molecule has 1 saturated carbocycles. The van der Waals surface area contributed by atoms with Crippen molar-refractivity contribution in [2.75, 3.05) is 17.8 Å². The Balaban J connectivity index is 0.000000218. The Morgan fingerprint density at radius 2 is 1.47 bits per heavy atom. The lowest BCUT2D eigenvalue weighted by molar-refractivity contribution is -0.138. The number of amides is 2. The molecule has 0 N–H and O–H groups in total. The number of hydrogen-bond acceptors (Lipinski definition) is 9. The largest absolute Gasteiger partial charge is 0.462 e. The van der Waals surface area contributed by atoms with Gasteiger partial charge in [0.2, 0.25) is 0 Å².